The summed E-state index contributed by atoms with van der Waals surface area (Å²) < 4.78 is 5.91. The molecule has 0 radical (unpaired) electrons. The normalized spacial score (nSPS) is 12.2. The number of benzene rings is 2. The third-order valence-corrected chi connectivity index (χ3v) is 3.34. The Balaban J connectivity index is 0.00000147. The van der Waals surface area contributed by atoms with Crippen LogP contribution in [0.15, 0.2) is 42.5 Å². The lowest BCUT2D eigenvalue weighted by atomic mass is 10.0. The van der Waals surface area contributed by atoms with Crippen LogP contribution in [0.4, 0.5) is 0 Å². The fourth-order valence-electron chi connectivity index (χ4n) is 2.41. The summed E-state index contributed by atoms with van der Waals surface area (Å²) in [6.07, 6.45) is 1.85. The van der Waals surface area contributed by atoms with Crippen molar-refractivity contribution in [3.63, 3.8) is 0 Å². The number of carboxylic acid groups (broad SMARTS) is 1. The molecular weight excluding hydrogens is 254 g/mol. The van der Waals surface area contributed by atoms with Crippen LogP contribution in [0.1, 0.15) is 16.7 Å². The van der Waals surface area contributed by atoms with Gasteiger partial charge in [0.25, 0.3) is 0 Å². The number of carbonyl (C=O) groups is 1. The van der Waals surface area contributed by atoms with Gasteiger partial charge in [-0.15, -0.1) is 0 Å². The van der Waals surface area contributed by atoms with Gasteiger partial charge < -0.3 is 16.0 Å². The Bertz CT molecular complexity index is 637. The van der Waals surface area contributed by atoms with Gasteiger partial charge in [-0.3, -0.25) is 4.79 Å². The SMILES string of the molecule is N.O=C(O)Cc1ccc2c(c1)CCc1ccccc1O2. The lowest BCUT2D eigenvalue weighted by molar-refractivity contribution is -0.136. The van der Waals surface area contributed by atoms with Gasteiger partial charge in [0.15, 0.2) is 0 Å². The third-order valence-electron chi connectivity index (χ3n) is 3.34. The maximum absolute atomic E-state index is 10.8. The predicted octanol–water partition coefficient (Wildman–Crippen LogP) is 3.37. The Morgan fingerprint density at radius 1 is 1.05 bits per heavy atom. The Morgan fingerprint density at radius 2 is 1.75 bits per heavy atom. The maximum Gasteiger partial charge on any atom is 0.307 e. The van der Waals surface area contributed by atoms with E-state index in [0.29, 0.717) is 0 Å². The highest BCUT2D eigenvalue weighted by atomic mass is 16.5. The van der Waals surface area contributed by atoms with Crippen LogP contribution in [-0.2, 0) is 24.1 Å². The van der Waals surface area contributed by atoms with Gasteiger partial charge in [0.1, 0.15) is 11.5 Å². The molecule has 2 aromatic carbocycles. The number of aryl methyl sites for hydroxylation is 2. The first-order valence-corrected chi connectivity index (χ1v) is 6.32. The molecule has 1 aliphatic rings. The van der Waals surface area contributed by atoms with Gasteiger partial charge in [-0.05, 0) is 41.7 Å². The number of para-hydroxylation sites is 1. The molecule has 0 aromatic heterocycles. The van der Waals surface area contributed by atoms with Crippen LogP contribution in [-0.4, -0.2) is 11.1 Å². The molecule has 0 fully saturated rings. The number of carboxylic acids is 1. The minimum atomic E-state index is -0.808. The standard InChI is InChI=1S/C16H14O3.H3N/c17-16(18)10-11-5-8-15-13(9-11)7-6-12-3-1-2-4-14(12)19-15;/h1-5,8-9H,6-7,10H2,(H,17,18);1H3. The molecule has 4 N–H and O–H groups in total. The average Bonchev–Trinajstić information content (AvgIpc) is 2.57. The van der Waals surface area contributed by atoms with Crippen molar-refractivity contribution in [2.24, 2.45) is 0 Å². The molecule has 0 amide bonds. The molecule has 0 atom stereocenters. The van der Waals surface area contributed by atoms with Crippen molar-refractivity contribution < 1.29 is 14.6 Å². The summed E-state index contributed by atoms with van der Waals surface area (Å²) in [7, 11) is 0. The van der Waals surface area contributed by atoms with Crippen LogP contribution < -0.4 is 10.9 Å². The summed E-state index contributed by atoms with van der Waals surface area (Å²) in [6.45, 7) is 0. The summed E-state index contributed by atoms with van der Waals surface area (Å²) in [4.78, 5) is 10.8. The first kappa shape index (κ1) is 14.1. The zero-order valence-electron chi connectivity index (χ0n) is 11.1. The van der Waals surface area contributed by atoms with Gasteiger partial charge in [0, 0.05) is 0 Å². The molecule has 1 aliphatic heterocycles. The molecule has 0 bridgehead atoms. The second-order valence-corrected chi connectivity index (χ2v) is 4.72. The van der Waals surface area contributed by atoms with Gasteiger partial charge in [-0.25, -0.2) is 0 Å². The smallest absolute Gasteiger partial charge is 0.307 e. The number of aliphatic carboxylic acids is 1. The van der Waals surface area contributed by atoms with Crippen LogP contribution in [0.25, 0.3) is 0 Å². The summed E-state index contributed by atoms with van der Waals surface area (Å²) in [6, 6.07) is 13.6. The Labute approximate surface area is 117 Å². The van der Waals surface area contributed by atoms with Crippen LogP contribution in [0.3, 0.4) is 0 Å². The fraction of sp³-hybridized carbons (Fsp3) is 0.188. The van der Waals surface area contributed by atoms with Gasteiger partial charge >= 0.3 is 5.97 Å². The highest BCUT2D eigenvalue weighted by Gasteiger charge is 2.15. The summed E-state index contributed by atoms with van der Waals surface area (Å²) >= 11 is 0. The predicted molar refractivity (Wildman–Crippen MR) is 76.7 cm³/mol. The molecule has 0 unspecified atom stereocenters. The molecule has 0 spiro atoms. The van der Waals surface area contributed by atoms with E-state index in [2.05, 4.69) is 6.07 Å². The van der Waals surface area contributed by atoms with E-state index in [1.165, 1.54) is 5.56 Å². The largest absolute Gasteiger partial charge is 0.481 e. The molecule has 0 saturated carbocycles. The maximum atomic E-state index is 10.8. The monoisotopic (exact) mass is 271 g/mol. The van der Waals surface area contributed by atoms with E-state index in [-0.39, 0.29) is 12.6 Å². The van der Waals surface area contributed by atoms with Crippen molar-refractivity contribution in [2.75, 3.05) is 0 Å². The highest BCUT2D eigenvalue weighted by molar-refractivity contribution is 5.70. The number of fused-ring (bicyclic) bond motifs is 2. The molecule has 1 heterocycles. The van der Waals surface area contributed by atoms with E-state index in [0.717, 1.165) is 35.5 Å². The number of ether oxygens (including phenoxy) is 1. The van der Waals surface area contributed by atoms with Crippen molar-refractivity contribution >= 4 is 5.97 Å². The van der Waals surface area contributed by atoms with E-state index < -0.39 is 5.97 Å². The van der Waals surface area contributed by atoms with Crippen molar-refractivity contribution in [1.82, 2.24) is 6.15 Å². The zero-order valence-corrected chi connectivity index (χ0v) is 11.1. The first-order valence-electron chi connectivity index (χ1n) is 6.32. The van der Waals surface area contributed by atoms with Gasteiger partial charge in [-0.1, -0.05) is 30.3 Å². The van der Waals surface area contributed by atoms with Crippen molar-refractivity contribution in [3.05, 3.63) is 59.2 Å². The minimum Gasteiger partial charge on any atom is -0.481 e. The Kier molecular flexibility index (Phi) is 4.05. The topological polar surface area (TPSA) is 81.5 Å². The lowest BCUT2D eigenvalue weighted by Crippen LogP contribution is -2.01. The molecule has 20 heavy (non-hydrogen) atoms. The summed E-state index contributed by atoms with van der Waals surface area (Å²) in [5.41, 5.74) is 3.09. The summed E-state index contributed by atoms with van der Waals surface area (Å²) in [5.74, 6) is 0.920. The van der Waals surface area contributed by atoms with Crippen LogP contribution in [0.5, 0.6) is 11.5 Å². The van der Waals surface area contributed by atoms with Crippen molar-refractivity contribution in [3.8, 4) is 11.5 Å². The minimum absolute atomic E-state index is 0. The van der Waals surface area contributed by atoms with Gasteiger partial charge in [-0.2, -0.15) is 0 Å². The van der Waals surface area contributed by atoms with E-state index in [4.69, 9.17) is 9.84 Å². The quantitative estimate of drug-likeness (QED) is 0.877. The van der Waals surface area contributed by atoms with Gasteiger partial charge in [0.05, 0.1) is 6.42 Å². The highest BCUT2D eigenvalue weighted by Crippen LogP contribution is 2.33. The third kappa shape index (κ3) is 2.81. The second-order valence-electron chi connectivity index (χ2n) is 4.72. The fourth-order valence-corrected chi connectivity index (χ4v) is 2.41. The van der Waals surface area contributed by atoms with Crippen molar-refractivity contribution in [2.45, 2.75) is 19.3 Å². The molecule has 3 rings (SSSR count). The van der Waals surface area contributed by atoms with E-state index in [1.807, 2.05) is 36.4 Å². The molecule has 104 valence electrons. The van der Waals surface area contributed by atoms with E-state index in [9.17, 15) is 4.79 Å². The molecular formula is C16H17NO3. The molecule has 0 aliphatic carbocycles. The van der Waals surface area contributed by atoms with E-state index >= 15 is 0 Å². The average molecular weight is 271 g/mol. The van der Waals surface area contributed by atoms with Crippen LogP contribution in [0.2, 0.25) is 0 Å². The zero-order chi connectivity index (χ0) is 13.2. The Morgan fingerprint density at radius 3 is 2.55 bits per heavy atom. The molecule has 2 aromatic rings. The Hall–Kier alpha value is -2.33. The number of hydrogen-bond donors (Lipinski definition) is 2. The van der Waals surface area contributed by atoms with Gasteiger partial charge in [0.2, 0.25) is 0 Å². The van der Waals surface area contributed by atoms with Crippen LogP contribution >= 0.6 is 0 Å². The first-order chi connectivity index (χ1) is 9.22. The second kappa shape index (κ2) is 5.75. The van der Waals surface area contributed by atoms with Crippen LogP contribution in [0, 0.1) is 0 Å². The number of rotatable bonds is 2. The molecule has 4 nitrogen and oxygen atoms in total. The summed E-state index contributed by atoms with van der Waals surface area (Å²) in [5, 5.41) is 8.84. The molecule has 4 heteroatoms. The molecule has 0 saturated heterocycles. The van der Waals surface area contributed by atoms with E-state index in [1.54, 1.807) is 0 Å². The lowest BCUT2D eigenvalue weighted by Gasteiger charge is -2.09. The van der Waals surface area contributed by atoms with Crippen molar-refractivity contribution in [1.29, 1.82) is 0 Å². The number of hydrogen-bond acceptors (Lipinski definition) is 3.